The number of fused-ring (bicyclic) bond motifs is 1. The zero-order chi connectivity index (χ0) is 40.5. The minimum atomic E-state index is -4.50. The van der Waals surface area contributed by atoms with Gasteiger partial charge in [0.15, 0.2) is 5.82 Å². The Morgan fingerprint density at radius 3 is 2.16 bits per heavy atom. The summed E-state index contributed by atoms with van der Waals surface area (Å²) in [6.45, 7) is 4.46. The molecule has 3 atom stereocenters. The van der Waals surface area contributed by atoms with Gasteiger partial charge in [0, 0.05) is 25.0 Å². The fraction of sp³-hybridized carbons (Fsp3) is 0.690. The predicted octanol–water partition coefficient (Wildman–Crippen LogP) is 9.53. The molecule has 1 aromatic carbocycles. The van der Waals surface area contributed by atoms with Gasteiger partial charge in [-0.2, -0.15) is 10.4 Å². The average Bonchev–Trinajstić information content (AvgIpc) is 3.63. The molecule has 0 saturated carbocycles. The van der Waals surface area contributed by atoms with Crippen LogP contribution in [0, 0.1) is 11.3 Å². The smallest absolute Gasteiger partial charge is 0.472 e. The number of hydrogen-bond donors (Lipinski definition) is 2. The highest BCUT2D eigenvalue weighted by atomic mass is 31.2. The fourth-order valence-corrected chi connectivity index (χ4v) is 7.37. The number of methoxy groups -OCH3 is 2. The van der Waals surface area contributed by atoms with Crippen LogP contribution in [0.25, 0.3) is 5.52 Å². The van der Waals surface area contributed by atoms with E-state index in [0.717, 1.165) is 24.1 Å². The summed E-state index contributed by atoms with van der Waals surface area (Å²) in [5.74, 6) is 0.892. The van der Waals surface area contributed by atoms with Gasteiger partial charge in [-0.05, 0) is 50.5 Å². The highest BCUT2D eigenvalue weighted by Crippen LogP contribution is 2.44. The SMILES string of the molecule is CCCCCCCCCCCCCCCCCCOC[C@H](COP(=O)(O)OC[C@](C)(CCc1ccc2c(N)ncnn12)OC)OCc1ccc(C#N)cc1OC. The molecule has 314 valence electrons. The van der Waals surface area contributed by atoms with E-state index in [2.05, 4.69) is 23.1 Å². The van der Waals surface area contributed by atoms with Gasteiger partial charge in [0.25, 0.3) is 0 Å². The largest absolute Gasteiger partial charge is 0.496 e. The van der Waals surface area contributed by atoms with Gasteiger partial charge >= 0.3 is 7.82 Å². The van der Waals surface area contributed by atoms with Crippen molar-refractivity contribution in [3.8, 4) is 11.8 Å². The number of hydrogen-bond acceptors (Lipinski definition) is 11. The Kier molecular flexibility index (Phi) is 22.6. The molecule has 0 saturated heterocycles. The van der Waals surface area contributed by atoms with Crippen molar-refractivity contribution in [3.63, 3.8) is 0 Å². The Labute approximate surface area is 335 Å². The molecule has 3 N–H and O–H groups in total. The Morgan fingerprint density at radius 1 is 0.911 bits per heavy atom. The lowest BCUT2D eigenvalue weighted by molar-refractivity contribution is -0.0617. The molecule has 3 rings (SSSR count). The monoisotopic (exact) mass is 801 g/mol. The van der Waals surface area contributed by atoms with Crippen molar-refractivity contribution in [2.24, 2.45) is 0 Å². The van der Waals surface area contributed by atoms with Crippen molar-refractivity contribution in [1.82, 2.24) is 14.6 Å². The molecular weight excluding hydrogens is 733 g/mol. The Bertz CT molecular complexity index is 1620. The first-order chi connectivity index (χ1) is 27.1. The highest BCUT2D eigenvalue weighted by molar-refractivity contribution is 7.47. The van der Waals surface area contributed by atoms with E-state index in [0.29, 0.717) is 42.1 Å². The molecule has 0 fully saturated rings. The van der Waals surface area contributed by atoms with E-state index >= 15 is 0 Å². The van der Waals surface area contributed by atoms with Crippen LogP contribution in [0.2, 0.25) is 0 Å². The van der Waals surface area contributed by atoms with E-state index in [9.17, 15) is 14.7 Å². The maximum absolute atomic E-state index is 13.1. The summed E-state index contributed by atoms with van der Waals surface area (Å²) in [6, 6.07) is 11.0. The molecule has 2 heterocycles. The van der Waals surface area contributed by atoms with Gasteiger partial charge in [-0.1, -0.05) is 109 Å². The van der Waals surface area contributed by atoms with Crippen LogP contribution in [0.4, 0.5) is 5.82 Å². The van der Waals surface area contributed by atoms with Crippen LogP contribution in [0.5, 0.6) is 5.75 Å². The quantitative estimate of drug-likeness (QED) is 0.0442. The third-order valence-corrected chi connectivity index (χ3v) is 11.2. The van der Waals surface area contributed by atoms with Gasteiger partial charge in [-0.25, -0.2) is 14.1 Å². The van der Waals surface area contributed by atoms with Crippen molar-refractivity contribution in [3.05, 3.63) is 53.5 Å². The zero-order valence-corrected chi connectivity index (χ0v) is 35.3. The van der Waals surface area contributed by atoms with E-state index in [-0.39, 0.29) is 26.4 Å². The van der Waals surface area contributed by atoms with E-state index in [1.54, 1.807) is 29.6 Å². The summed E-state index contributed by atoms with van der Waals surface area (Å²) in [5.41, 5.74) is 7.84. The maximum atomic E-state index is 13.1. The number of aryl methyl sites for hydroxylation is 1. The first kappa shape index (κ1) is 47.3. The number of nitriles is 1. The van der Waals surface area contributed by atoms with Crippen molar-refractivity contribution < 1.29 is 37.5 Å². The number of nitrogens with zero attached hydrogens (tertiary/aromatic N) is 4. The van der Waals surface area contributed by atoms with Crippen molar-refractivity contribution in [2.75, 3.05) is 46.4 Å². The lowest BCUT2D eigenvalue weighted by Crippen LogP contribution is -2.34. The van der Waals surface area contributed by atoms with Crippen LogP contribution in [-0.2, 0) is 40.9 Å². The van der Waals surface area contributed by atoms with Crippen LogP contribution in [0.15, 0.2) is 36.7 Å². The van der Waals surface area contributed by atoms with E-state index in [1.165, 1.54) is 110 Å². The average molecular weight is 802 g/mol. The van der Waals surface area contributed by atoms with Crippen molar-refractivity contribution in [1.29, 1.82) is 5.26 Å². The van der Waals surface area contributed by atoms with Crippen LogP contribution >= 0.6 is 7.82 Å². The summed E-state index contributed by atoms with van der Waals surface area (Å²) in [7, 11) is -1.45. The molecular formula is C42H68N5O8P. The van der Waals surface area contributed by atoms with Crippen molar-refractivity contribution in [2.45, 2.75) is 148 Å². The molecule has 3 aromatic rings. The van der Waals surface area contributed by atoms with Gasteiger partial charge < -0.3 is 29.6 Å². The van der Waals surface area contributed by atoms with Gasteiger partial charge in [-0.3, -0.25) is 9.05 Å². The minimum absolute atomic E-state index is 0.120. The molecule has 13 nitrogen and oxygen atoms in total. The summed E-state index contributed by atoms with van der Waals surface area (Å²) in [5, 5.41) is 13.6. The number of phosphoric ester groups is 1. The molecule has 0 aliphatic heterocycles. The molecule has 0 amide bonds. The first-order valence-electron chi connectivity index (χ1n) is 20.6. The van der Waals surface area contributed by atoms with Gasteiger partial charge in [0.2, 0.25) is 0 Å². The molecule has 2 aromatic heterocycles. The fourth-order valence-electron chi connectivity index (χ4n) is 6.51. The van der Waals surface area contributed by atoms with Gasteiger partial charge in [0.05, 0.1) is 50.8 Å². The second kappa shape index (κ2) is 26.8. The zero-order valence-electron chi connectivity index (χ0n) is 34.4. The molecule has 0 radical (unpaired) electrons. The molecule has 1 unspecified atom stereocenters. The molecule has 0 aliphatic rings. The summed E-state index contributed by atoms with van der Waals surface area (Å²) >= 11 is 0. The highest BCUT2D eigenvalue weighted by Gasteiger charge is 2.32. The van der Waals surface area contributed by atoms with E-state index in [4.69, 9.17) is 33.7 Å². The van der Waals surface area contributed by atoms with E-state index < -0.39 is 19.5 Å². The number of benzene rings is 1. The number of unbranched alkanes of at least 4 members (excludes halogenated alkanes) is 15. The second-order valence-corrected chi connectivity index (χ2v) is 16.4. The number of ether oxygens (including phenoxy) is 4. The Balaban J connectivity index is 1.40. The Hall–Kier alpha value is -3.08. The summed E-state index contributed by atoms with van der Waals surface area (Å²) in [4.78, 5) is 14.7. The number of phosphoric acid groups is 1. The lowest BCUT2D eigenvalue weighted by Gasteiger charge is -2.29. The minimum Gasteiger partial charge on any atom is -0.496 e. The van der Waals surface area contributed by atoms with Gasteiger partial charge in [-0.15, -0.1) is 0 Å². The standard InChI is InChI=1S/C42H68N5O8P/c1-5-6-7-8-9-10-11-12-13-14-15-16-17-18-19-20-27-52-31-38(53-30-36-22-21-35(29-43)28-40(36)50-3)32-54-56(48,49)55-33-42(2,51-4)26-25-37-23-24-39-41(44)45-34-46-47(37)39/h21-24,28,34,38H,5-20,25-27,30-33H2,1-4H3,(H,48,49)(H2,44,45,46)/t38-,42+/m1/s1. The number of anilines is 1. The van der Waals surface area contributed by atoms with Crippen LogP contribution in [0.3, 0.4) is 0 Å². The second-order valence-electron chi connectivity index (χ2n) is 14.9. The maximum Gasteiger partial charge on any atom is 0.472 e. The molecule has 56 heavy (non-hydrogen) atoms. The number of nitrogens with two attached hydrogens (primary N) is 1. The Morgan fingerprint density at radius 2 is 1.55 bits per heavy atom. The summed E-state index contributed by atoms with van der Waals surface area (Å²) in [6.07, 6.45) is 22.5. The van der Waals surface area contributed by atoms with Crippen LogP contribution in [0.1, 0.15) is 140 Å². The lowest BCUT2D eigenvalue weighted by atomic mass is 10.00. The van der Waals surface area contributed by atoms with Crippen LogP contribution < -0.4 is 10.5 Å². The third kappa shape index (κ3) is 18.0. The number of rotatable bonds is 33. The first-order valence-corrected chi connectivity index (χ1v) is 22.1. The third-order valence-electron chi connectivity index (χ3n) is 10.3. The number of aromatic nitrogens is 3. The molecule has 0 spiro atoms. The van der Waals surface area contributed by atoms with Crippen LogP contribution in [-0.4, -0.2) is 71.8 Å². The van der Waals surface area contributed by atoms with Crippen molar-refractivity contribution >= 4 is 19.2 Å². The summed E-state index contributed by atoms with van der Waals surface area (Å²) < 4.78 is 48.9. The molecule has 14 heteroatoms. The molecule has 0 aliphatic carbocycles. The topological polar surface area (TPSA) is 173 Å². The predicted molar refractivity (Wildman–Crippen MR) is 220 cm³/mol. The van der Waals surface area contributed by atoms with E-state index in [1.807, 2.05) is 12.1 Å². The van der Waals surface area contributed by atoms with Gasteiger partial charge in [0.1, 0.15) is 23.7 Å². The normalized spacial score (nSPS) is 14.4. The molecule has 0 bridgehead atoms. The number of nitrogen functional groups attached to an aromatic ring is 1.